The van der Waals surface area contributed by atoms with E-state index in [9.17, 15) is 4.80 Å². The fourth-order valence-corrected chi connectivity index (χ4v) is 2.61. The molecule has 13 heavy (non-hydrogen) atoms. The molecule has 1 nitrogen and oxygen atoms in total. The molecule has 0 rings (SSSR count). The van der Waals surface area contributed by atoms with E-state index in [-0.39, 0.29) is 0 Å². The Hall–Kier alpha value is 0.177. The molecule has 0 fully saturated rings. The quantitative estimate of drug-likeness (QED) is 0.410. The molecule has 0 aromatic carbocycles. The maximum atomic E-state index is 11.4. The highest BCUT2D eigenvalue weighted by atomic mass is 28.4. The lowest BCUT2D eigenvalue weighted by molar-refractivity contribution is 0.424. The zero-order chi connectivity index (χ0) is 10.2. The summed E-state index contributed by atoms with van der Waals surface area (Å²) in [5.41, 5.74) is 0. The second kappa shape index (κ2) is 7.57. The maximum absolute atomic E-state index is 11.4. The van der Waals surface area contributed by atoms with Crippen molar-refractivity contribution in [1.82, 2.24) is 0 Å². The molecule has 79 valence electrons. The average Bonchev–Trinajstić information content (AvgIpc) is 2.01. The predicted octanol–water partition coefficient (Wildman–Crippen LogP) is 4.37. The molecule has 1 radical (unpaired) electrons. The van der Waals surface area contributed by atoms with Crippen LogP contribution in [0.1, 0.15) is 51.9 Å². The van der Waals surface area contributed by atoms with Crippen molar-refractivity contribution >= 4 is 8.32 Å². The van der Waals surface area contributed by atoms with E-state index in [0.717, 1.165) is 6.04 Å². The fourth-order valence-electron chi connectivity index (χ4n) is 1.51. The molecule has 0 aliphatic carbocycles. The Morgan fingerprint density at radius 1 is 0.846 bits per heavy atom. The Morgan fingerprint density at radius 2 is 1.31 bits per heavy atom. The molecule has 2 heteroatoms. The van der Waals surface area contributed by atoms with Crippen LogP contribution in [0.4, 0.5) is 0 Å². The first-order valence-corrected chi connectivity index (χ1v) is 8.88. The Balaban J connectivity index is 3.00. The van der Waals surface area contributed by atoms with E-state index >= 15 is 0 Å². The standard InChI is InChI=1S/C11H25OSi/c1-4-5-6-7-8-9-10-11-13(2,3)12/h4-11H2,1-3H3. The van der Waals surface area contributed by atoms with Crippen molar-refractivity contribution in [1.29, 1.82) is 0 Å². The van der Waals surface area contributed by atoms with Gasteiger partial charge in [-0.05, 0) is 19.1 Å². The van der Waals surface area contributed by atoms with Gasteiger partial charge in [-0.2, -0.15) is 0 Å². The van der Waals surface area contributed by atoms with Crippen molar-refractivity contribution in [3.05, 3.63) is 0 Å². The molecular weight excluding hydrogens is 176 g/mol. The third kappa shape index (κ3) is 12.2. The fraction of sp³-hybridized carbons (Fsp3) is 1.00. The lowest BCUT2D eigenvalue weighted by Crippen LogP contribution is -2.21. The molecule has 0 saturated carbocycles. The van der Waals surface area contributed by atoms with E-state index in [1.165, 1.54) is 44.9 Å². The summed E-state index contributed by atoms with van der Waals surface area (Å²) in [5.74, 6) is 0. The number of unbranched alkanes of at least 4 members (excludes halogenated alkanes) is 6. The van der Waals surface area contributed by atoms with E-state index < -0.39 is 8.32 Å². The summed E-state index contributed by atoms with van der Waals surface area (Å²) in [6.07, 6.45) is 9.24. The van der Waals surface area contributed by atoms with Crippen LogP contribution in [0.5, 0.6) is 0 Å². The van der Waals surface area contributed by atoms with Gasteiger partial charge in [0.2, 0.25) is 8.32 Å². The van der Waals surface area contributed by atoms with Gasteiger partial charge in [0.25, 0.3) is 0 Å². The van der Waals surface area contributed by atoms with Crippen LogP contribution < -0.4 is 0 Å². The average molecular weight is 201 g/mol. The summed E-state index contributed by atoms with van der Waals surface area (Å²) in [6, 6.07) is 0.973. The number of hydrogen-bond acceptors (Lipinski definition) is 0. The maximum Gasteiger partial charge on any atom is 0.231 e. The van der Waals surface area contributed by atoms with Gasteiger partial charge in [0.1, 0.15) is 0 Å². The van der Waals surface area contributed by atoms with E-state index in [2.05, 4.69) is 6.92 Å². The number of hydrogen-bond donors (Lipinski definition) is 0. The largest absolute Gasteiger partial charge is 0.298 e. The minimum Gasteiger partial charge on any atom is -0.298 e. The van der Waals surface area contributed by atoms with Crippen LogP contribution in [0.15, 0.2) is 0 Å². The monoisotopic (exact) mass is 201 g/mol. The highest BCUT2D eigenvalue weighted by Gasteiger charge is 2.18. The zero-order valence-electron chi connectivity index (χ0n) is 9.57. The Kier molecular flexibility index (Phi) is 7.67. The van der Waals surface area contributed by atoms with Crippen molar-refractivity contribution in [2.45, 2.75) is 71.0 Å². The Labute approximate surface area is 84.7 Å². The molecule has 0 bridgehead atoms. The van der Waals surface area contributed by atoms with Crippen LogP contribution in [-0.4, -0.2) is 8.32 Å². The van der Waals surface area contributed by atoms with Crippen LogP contribution in [0, 0.1) is 0 Å². The minimum atomic E-state index is -1.98. The molecule has 0 heterocycles. The molecule has 0 aromatic heterocycles. The van der Waals surface area contributed by atoms with Gasteiger partial charge in [0, 0.05) is 0 Å². The van der Waals surface area contributed by atoms with Crippen LogP contribution in [0.2, 0.25) is 19.1 Å². The van der Waals surface area contributed by atoms with E-state index in [1.807, 2.05) is 13.1 Å². The van der Waals surface area contributed by atoms with Gasteiger partial charge < -0.3 is 0 Å². The van der Waals surface area contributed by atoms with E-state index in [0.29, 0.717) is 0 Å². The van der Waals surface area contributed by atoms with Crippen LogP contribution in [0.25, 0.3) is 0 Å². The molecule has 0 spiro atoms. The first kappa shape index (κ1) is 13.2. The molecule has 0 unspecified atom stereocenters. The van der Waals surface area contributed by atoms with Crippen molar-refractivity contribution in [3.63, 3.8) is 0 Å². The van der Waals surface area contributed by atoms with Crippen molar-refractivity contribution < 1.29 is 4.80 Å². The van der Waals surface area contributed by atoms with Gasteiger partial charge in [-0.3, -0.25) is 4.80 Å². The van der Waals surface area contributed by atoms with Gasteiger partial charge in [0.15, 0.2) is 0 Å². The summed E-state index contributed by atoms with van der Waals surface area (Å²) in [6.45, 7) is 6.08. The lowest BCUT2D eigenvalue weighted by Gasteiger charge is -2.09. The van der Waals surface area contributed by atoms with E-state index in [4.69, 9.17) is 0 Å². The van der Waals surface area contributed by atoms with Crippen molar-refractivity contribution in [3.8, 4) is 0 Å². The third-order valence-corrected chi connectivity index (χ3v) is 3.94. The molecule has 0 aliphatic heterocycles. The summed E-state index contributed by atoms with van der Waals surface area (Å²) >= 11 is 0. The van der Waals surface area contributed by atoms with Gasteiger partial charge in [0.05, 0.1) is 0 Å². The summed E-state index contributed by atoms with van der Waals surface area (Å²) < 4.78 is 0. The highest BCUT2D eigenvalue weighted by molar-refractivity contribution is 6.69. The molecular formula is C11H25OSi. The zero-order valence-corrected chi connectivity index (χ0v) is 10.6. The summed E-state index contributed by atoms with van der Waals surface area (Å²) in [4.78, 5) is 11.4. The minimum absolute atomic E-state index is 0.973. The van der Waals surface area contributed by atoms with Crippen LogP contribution in [0.3, 0.4) is 0 Å². The van der Waals surface area contributed by atoms with Gasteiger partial charge in [-0.1, -0.05) is 51.9 Å². The molecule has 0 atom stereocenters. The second-order valence-electron chi connectivity index (χ2n) is 4.63. The molecule has 0 aliphatic rings. The Bertz CT molecular complexity index is 107. The summed E-state index contributed by atoms with van der Waals surface area (Å²) in [7, 11) is -1.98. The third-order valence-electron chi connectivity index (χ3n) is 2.38. The first-order valence-electron chi connectivity index (χ1n) is 5.76. The second-order valence-corrected chi connectivity index (χ2v) is 8.65. The first-order chi connectivity index (χ1) is 6.06. The topological polar surface area (TPSA) is 19.9 Å². The highest BCUT2D eigenvalue weighted by Crippen LogP contribution is 2.14. The van der Waals surface area contributed by atoms with Gasteiger partial charge in [-0.15, -0.1) is 0 Å². The number of rotatable bonds is 8. The van der Waals surface area contributed by atoms with E-state index in [1.54, 1.807) is 0 Å². The molecule has 0 aromatic rings. The smallest absolute Gasteiger partial charge is 0.231 e. The van der Waals surface area contributed by atoms with Gasteiger partial charge >= 0.3 is 0 Å². The van der Waals surface area contributed by atoms with Crippen LogP contribution >= 0.6 is 0 Å². The summed E-state index contributed by atoms with van der Waals surface area (Å²) in [5, 5.41) is 0. The molecule has 0 amide bonds. The SMILES string of the molecule is CCCCCCCCC[Si](C)(C)[O]. The Morgan fingerprint density at radius 3 is 1.77 bits per heavy atom. The normalized spacial score (nSPS) is 12.0. The van der Waals surface area contributed by atoms with Crippen molar-refractivity contribution in [2.24, 2.45) is 0 Å². The molecule has 0 saturated heterocycles. The van der Waals surface area contributed by atoms with Crippen LogP contribution in [-0.2, 0) is 4.80 Å². The van der Waals surface area contributed by atoms with Gasteiger partial charge in [-0.25, -0.2) is 0 Å². The van der Waals surface area contributed by atoms with Crippen molar-refractivity contribution in [2.75, 3.05) is 0 Å². The predicted molar refractivity (Wildman–Crippen MR) is 61.0 cm³/mol. The molecule has 0 N–H and O–H groups in total. The lowest BCUT2D eigenvalue weighted by atomic mass is 10.1.